The second-order valence-corrected chi connectivity index (χ2v) is 6.08. The molecule has 2 aromatic heterocycles. The summed E-state index contributed by atoms with van der Waals surface area (Å²) < 4.78 is 0. The Bertz CT molecular complexity index is 678. The Hall–Kier alpha value is -2.04. The van der Waals surface area contributed by atoms with Gasteiger partial charge in [-0.05, 0) is 37.2 Å². The molecule has 2 aliphatic carbocycles. The van der Waals surface area contributed by atoms with Crippen molar-refractivity contribution in [3.63, 3.8) is 0 Å². The second kappa shape index (κ2) is 4.23. The number of primary amides is 1. The van der Waals surface area contributed by atoms with Crippen molar-refractivity contribution in [1.29, 1.82) is 0 Å². The van der Waals surface area contributed by atoms with Gasteiger partial charge in [0.1, 0.15) is 5.65 Å². The average molecular weight is 270 g/mol. The highest BCUT2D eigenvalue weighted by atomic mass is 16.1. The van der Waals surface area contributed by atoms with Crippen LogP contribution in [0.25, 0.3) is 11.0 Å². The van der Waals surface area contributed by atoms with Crippen LogP contribution in [0, 0.1) is 11.8 Å². The van der Waals surface area contributed by atoms with E-state index in [1.54, 1.807) is 6.20 Å². The molecule has 104 valence electrons. The van der Waals surface area contributed by atoms with Gasteiger partial charge in [0.05, 0.1) is 11.3 Å². The minimum Gasteiger partial charge on any atom is -0.381 e. The van der Waals surface area contributed by atoms with E-state index in [9.17, 15) is 4.79 Å². The van der Waals surface area contributed by atoms with Gasteiger partial charge in [0, 0.05) is 23.8 Å². The molecule has 20 heavy (non-hydrogen) atoms. The molecule has 2 heterocycles. The summed E-state index contributed by atoms with van der Waals surface area (Å²) in [6.07, 6.45) is 8.60. The van der Waals surface area contributed by atoms with Crippen LogP contribution < -0.4 is 11.1 Å². The number of H-pyrrole nitrogens is 1. The van der Waals surface area contributed by atoms with Crippen LogP contribution in [0.15, 0.2) is 18.5 Å². The Kier molecular flexibility index (Phi) is 2.49. The number of pyridine rings is 1. The van der Waals surface area contributed by atoms with E-state index in [0.717, 1.165) is 28.6 Å². The largest absolute Gasteiger partial charge is 0.381 e. The fraction of sp³-hybridized carbons (Fsp3) is 0.467. The summed E-state index contributed by atoms with van der Waals surface area (Å²) in [6, 6.07) is 2.41. The molecule has 5 nitrogen and oxygen atoms in total. The summed E-state index contributed by atoms with van der Waals surface area (Å²) in [5.41, 5.74) is 7.62. The Morgan fingerprint density at radius 2 is 2.30 bits per heavy atom. The monoisotopic (exact) mass is 270 g/mol. The van der Waals surface area contributed by atoms with Crippen LogP contribution in [0.3, 0.4) is 0 Å². The van der Waals surface area contributed by atoms with Crippen LogP contribution in [0.4, 0.5) is 5.69 Å². The smallest absolute Gasteiger partial charge is 0.252 e. The summed E-state index contributed by atoms with van der Waals surface area (Å²) in [6.45, 7) is 0. The van der Waals surface area contributed by atoms with Crippen molar-refractivity contribution in [2.24, 2.45) is 17.6 Å². The molecule has 0 spiro atoms. The van der Waals surface area contributed by atoms with Crippen molar-refractivity contribution in [3.8, 4) is 0 Å². The zero-order chi connectivity index (χ0) is 13.7. The Labute approximate surface area is 117 Å². The van der Waals surface area contributed by atoms with Gasteiger partial charge in [0.25, 0.3) is 5.91 Å². The van der Waals surface area contributed by atoms with Gasteiger partial charge in [-0.3, -0.25) is 4.79 Å². The fourth-order valence-electron chi connectivity index (χ4n) is 3.96. The number of nitrogens with one attached hydrogen (secondary N) is 2. The lowest BCUT2D eigenvalue weighted by Crippen LogP contribution is -2.27. The number of hydrogen-bond donors (Lipinski definition) is 3. The van der Waals surface area contributed by atoms with E-state index in [-0.39, 0.29) is 0 Å². The van der Waals surface area contributed by atoms with E-state index in [2.05, 4.69) is 15.3 Å². The van der Waals surface area contributed by atoms with Gasteiger partial charge >= 0.3 is 0 Å². The first-order chi connectivity index (χ1) is 9.72. The van der Waals surface area contributed by atoms with Crippen LogP contribution in [-0.4, -0.2) is 21.9 Å². The zero-order valence-electron chi connectivity index (χ0n) is 11.2. The maximum atomic E-state index is 11.7. The molecule has 0 aliphatic heterocycles. The van der Waals surface area contributed by atoms with Gasteiger partial charge in [-0.15, -0.1) is 0 Å². The van der Waals surface area contributed by atoms with Crippen molar-refractivity contribution >= 4 is 22.6 Å². The molecule has 0 radical (unpaired) electrons. The van der Waals surface area contributed by atoms with Gasteiger partial charge in [-0.25, -0.2) is 4.98 Å². The molecule has 2 aromatic rings. The maximum Gasteiger partial charge on any atom is 0.252 e. The highest BCUT2D eigenvalue weighted by Crippen LogP contribution is 2.46. The van der Waals surface area contributed by atoms with Gasteiger partial charge < -0.3 is 16.0 Å². The van der Waals surface area contributed by atoms with Crippen LogP contribution in [-0.2, 0) is 0 Å². The molecule has 1 amide bonds. The van der Waals surface area contributed by atoms with Crippen molar-refractivity contribution in [3.05, 3.63) is 24.0 Å². The summed E-state index contributed by atoms with van der Waals surface area (Å²) in [4.78, 5) is 19.0. The van der Waals surface area contributed by atoms with Gasteiger partial charge in [-0.2, -0.15) is 0 Å². The van der Waals surface area contributed by atoms with E-state index < -0.39 is 5.91 Å². The predicted octanol–water partition coefficient (Wildman–Crippen LogP) is 2.26. The third kappa shape index (κ3) is 1.69. The minimum atomic E-state index is -0.425. The third-order valence-corrected chi connectivity index (χ3v) is 4.92. The number of nitrogens with zero attached hydrogens (tertiary/aromatic N) is 1. The number of carbonyl (C=O) groups is 1. The highest BCUT2D eigenvalue weighted by Gasteiger charge is 2.39. The Morgan fingerprint density at radius 3 is 3.00 bits per heavy atom. The van der Waals surface area contributed by atoms with E-state index in [1.807, 2.05) is 12.3 Å². The van der Waals surface area contributed by atoms with Crippen molar-refractivity contribution in [2.45, 2.75) is 31.7 Å². The Morgan fingerprint density at radius 1 is 1.40 bits per heavy atom. The molecule has 2 fully saturated rings. The standard InChI is InChI=1S/C15H18N4O/c16-14(20)11-7-18-15-10(3-4-17-15)13(11)19-12-6-8-1-2-9(12)5-8/h3-4,7-9,12H,1-2,5-6H2,(H2,16,20)(H2,17,18,19)/t8-,9+,12?/m1/s1. The number of nitrogens with two attached hydrogens (primary N) is 1. The van der Waals surface area contributed by atoms with Gasteiger partial charge in [-0.1, -0.05) is 6.42 Å². The van der Waals surface area contributed by atoms with E-state index >= 15 is 0 Å². The third-order valence-electron chi connectivity index (χ3n) is 4.92. The zero-order valence-corrected chi connectivity index (χ0v) is 11.2. The van der Waals surface area contributed by atoms with E-state index in [0.29, 0.717) is 11.6 Å². The van der Waals surface area contributed by atoms with Crippen LogP contribution in [0.1, 0.15) is 36.0 Å². The number of fused-ring (bicyclic) bond motifs is 3. The Balaban J connectivity index is 1.75. The number of amides is 1. The van der Waals surface area contributed by atoms with Crippen LogP contribution in [0.2, 0.25) is 0 Å². The van der Waals surface area contributed by atoms with Gasteiger partial charge in [0.15, 0.2) is 0 Å². The molecule has 4 rings (SSSR count). The molecule has 2 saturated carbocycles. The SMILES string of the molecule is NC(=O)c1cnc2[nH]ccc2c1NC1C[C@@H]2CC[C@H]1C2. The first-order valence-electron chi connectivity index (χ1n) is 7.25. The second-order valence-electron chi connectivity index (χ2n) is 6.08. The summed E-state index contributed by atoms with van der Waals surface area (Å²) in [5.74, 6) is 1.17. The minimum absolute atomic E-state index is 0.425. The molecular formula is C15H18N4O. The number of aromatic amines is 1. The topological polar surface area (TPSA) is 83.8 Å². The quantitative estimate of drug-likeness (QED) is 0.800. The van der Waals surface area contributed by atoms with E-state index in [4.69, 9.17) is 5.73 Å². The summed E-state index contributed by atoms with van der Waals surface area (Å²) in [5, 5.41) is 4.54. The van der Waals surface area contributed by atoms with E-state index in [1.165, 1.54) is 25.7 Å². The molecule has 2 aliphatic rings. The lowest BCUT2D eigenvalue weighted by Gasteiger charge is -2.25. The molecule has 2 bridgehead atoms. The molecular weight excluding hydrogens is 252 g/mol. The van der Waals surface area contributed by atoms with Crippen molar-refractivity contribution in [1.82, 2.24) is 9.97 Å². The summed E-state index contributed by atoms with van der Waals surface area (Å²) >= 11 is 0. The van der Waals surface area contributed by atoms with Gasteiger partial charge in [0.2, 0.25) is 0 Å². The number of anilines is 1. The summed E-state index contributed by atoms with van der Waals surface area (Å²) in [7, 11) is 0. The highest BCUT2D eigenvalue weighted by molar-refractivity contribution is 6.05. The molecule has 3 atom stereocenters. The lowest BCUT2D eigenvalue weighted by molar-refractivity contribution is 0.100. The predicted molar refractivity (Wildman–Crippen MR) is 77.5 cm³/mol. The number of carbonyl (C=O) groups excluding carboxylic acids is 1. The molecule has 0 saturated heterocycles. The molecule has 5 heteroatoms. The van der Waals surface area contributed by atoms with Crippen molar-refractivity contribution < 1.29 is 4.79 Å². The van der Waals surface area contributed by atoms with Crippen LogP contribution >= 0.6 is 0 Å². The number of hydrogen-bond acceptors (Lipinski definition) is 3. The first kappa shape index (κ1) is 11.8. The molecule has 1 unspecified atom stereocenters. The normalized spacial score (nSPS) is 28.1. The lowest BCUT2D eigenvalue weighted by atomic mass is 9.94. The van der Waals surface area contributed by atoms with Crippen molar-refractivity contribution in [2.75, 3.05) is 5.32 Å². The number of aromatic nitrogens is 2. The first-order valence-corrected chi connectivity index (χ1v) is 7.25. The molecule has 0 aromatic carbocycles. The average Bonchev–Trinajstić information content (AvgIpc) is 3.14. The van der Waals surface area contributed by atoms with Crippen LogP contribution in [0.5, 0.6) is 0 Å². The fourth-order valence-corrected chi connectivity index (χ4v) is 3.96. The number of rotatable bonds is 3. The molecule has 4 N–H and O–H groups in total. The maximum absolute atomic E-state index is 11.7.